The Hall–Kier alpha value is -0.610. The van der Waals surface area contributed by atoms with Gasteiger partial charge in [0.15, 0.2) is 0 Å². The molecule has 0 saturated carbocycles. The van der Waals surface area contributed by atoms with Crippen LogP contribution in [0, 0.1) is 5.41 Å². The summed E-state index contributed by atoms with van der Waals surface area (Å²) in [5.41, 5.74) is -0.610. The van der Waals surface area contributed by atoms with E-state index in [0.717, 1.165) is 32.7 Å². The summed E-state index contributed by atoms with van der Waals surface area (Å²) in [6.07, 6.45) is 1.63. The Labute approximate surface area is 98.6 Å². The van der Waals surface area contributed by atoms with E-state index in [-0.39, 0.29) is 0 Å². The number of hydrogen-bond donors (Lipinski definition) is 1. The standard InChI is InChI=1S/C12H25NO3/c1-5-13(9-10-16-4)8-6-7-12(2,3)11(14)15/h5-10H2,1-4H3,(H,14,15). The maximum atomic E-state index is 10.9. The number of rotatable bonds is 9. The van der Waals surface area contributed by atoms with Crippen molar-refractivity contribution in [2.24, 2.45) is 5.41 Å². The number of carboxylic acids is 1. The molecule has 0 rings (SSSR count). The van der Waals surface area contributed by atoms with Crippen molar-refractivity contribution in [3.8, 4) is 0 Å². The predicted molar refractivity (Wildman–Crippen MR) is 64.6 cm³/mol. The molecule has 0 unspecified atom stereocenters. The van der Waals surface area contributed by atoms with Crippen molar-refractivity contribution in [1.82, 2.24) is 4.90 Å². The molecule has 0 bridgehead atoms. The first-order valence-corrected chi connectivity index (χ1v) is 5.88. The number of nitrogens with zero attached hydrogens (tertiary/aromatic N) is 1. The van der Waals surface area contributed by atoms with Crippen LogP contribution in [0.3, 0.4) is 0 Å². The lowest BCUT2D eigenvalue weighted by atomic mass is 9.88. The summed E-state index contributed by atoms with van der Waals surface area (Å²) in [5, 5.41) is 8.97. The molecule has 96 valence electrons. The first-order valence-electron chi connectivity index (χ1n) is 5.88. The average molecular weight is 231 g/mol. The molecule has 0 fully saturated rings. The molecule has 0 aliphatic heterocycles. The van der Waals surface area contributed by atoms with E-state index in [1.807, 2.05) is 0 Å². The molecule has 16 heavy (non-hydrogen) atoms. The van der Waals surface area contributed by atoms with E-state index in [1.165, 1.54) is 0 Å². The molecule has 0 aromatic carbocycles. The lowest BCUT2D eigenvalue weighted by molar-refractivity contribution is -0.147. The molecule has 0 aromatic heterocycles. The fourth-order valence-corrected chi connectivity index (χ4v) is 1.50. The van der Waals surface area contributed by atoms with Crippen molar-refractivity contribution in [3.05, 3.63) is 0 Å². The van der Waals surface area contributed by atoms with Gasteiger partial charge in [-0.25, -0.2) is 0 Å². The van der Waals surface area contributed by atoms with Crippen molar-refractivity contribution in [1.29, 1.82) is 0 Å². The van der Waals surface area contributed by atoms with Gasteiger partial charge in [-0.1, -0.05) is 6.92 Å². The SMILES string of the molecule is CCN(CCCC(C)(C)C(=O)O)CCOC. The predicted octanol–water partition coefficient (Wildman–Crippen LogP) is 1.85. The fourth-order valence-electron chi connectivity index (χ4n) is 1.50. The van der Waals surface area contributed by atoms with Gasteiger partial charge in [-0.3, -0.25) is 4.79 Å². The van der Waals surface area contributed by atoms with E-state index >= 15 is 0 Å². The Morgan fingerprint density at radius 3 is 2.44 bits per heavy atom. The summed E-state index contributed by atoms with van der Waals surface area (Å²) < 4.78 is 5.02. The first kappa shape index (κ1) is 15.4. The van der Waals surface area contributed by atoms with Crippen LogP contribution in [-0.2, 0) is 9.53 Å². The van der Waals surface area contributed by atoms with Crippen molar-refractivity contribution in [2.75, 3.05) is 33.4 Å². The van der Waals surface area contributed by atoms with Crippen LogP contribution in [0.25, 0.3) is 0 Å². The number of hydrogen-bond acceptors (Lipinski definition) is 3. The van der Waals surface area contributed by atoms with E-state index in [1.54, 1.807) is 21.0 Å². The maximum Gasteiger partial charge on any atom is 0.309 e. The molecule has 0 radical (unpaired) electrons. The van der Waals surface area contributed by atoms with E-state index in [4.69, 9.17) is 9.84 Å². The van der Waals surface area contributed by atoms with Crippen LogP contribution in [0.2, 0.25) is 0 Å². The minimum Gasteiger partial charge on any atom is -0.481 e. The number of carboxylic acid groups (broad SMARTS) is 1. The lowest BCUT2D eigenvalue weighted by Gasteiger charge is -2.23. The van der Waals surface area contributed by atoms with Crippen LogP contribution >= 0.6 is 0 Å². The van der Waals surface area contributed by atoms with Crippen LogP contribution in [0.5, 0.6) is 0 Å². The Bertz CT molecular complexity index is 204. The van der Waals surface area contributed by atoms with E-state index in [2.05, 4.69) is 11.8 Å². The third-order valence-electron chi connectivity index (χ3n) is 2.91. The van der Waals surface area contributed by atoms with Gasteiger partial charge in [-0.05, 0) is 39.8 Å². The highest BCUT2D eigenvalue weighted by Gasteiger charge is 2.26. The minimum atomic E-state index is -0.715. The second-order valence-electron chi connectivity index (χ2n) is 4.72. The van der Waals surface area contributed by atoms with Crippen molar-refractivity contribution < 1.29 is 14.6 Å². The highest BCUT2D eigenvalue weighted by Crippen LogP contribution is 2.22. The molecule has 0 atom stereocenters. The molecule has 0 amide bonds. The molecule has 0 heterocycles. The summed E-state index contributed by atoms with van der Waals surface area (Å²) in [7, 11) is 1.70. The van der Waals surface area contributed by atoms with Crippen LogP contribution in [0.1, 0.15) is 33.6 Å². The zero-order chi connectivity index (χ0) is 12.6. The first-order chi connectivity index (χ1) is 7.44. The molecule has 0 saturated heterocycles. The van der Waals surface area contributed by atoms with Gasteiger partial charge in [0.2, 0.25) is 0 Å². The van der Waals surface area contributed by atoms with Gasteiger partial charge in [0.05, 0.1) is 12.0 Å². The molecular weight excluding hydrogens is 206 g/mol. The summed E-state index contributed by atoms with van der Waals surface area (Å²) in [4.78, 5) is 13.2. The Morgan fingerprint density at radius 1 is 1.38 bits per heavy atom. The van der Waals surface area contributed by atoms with Crippen LogP contribution < -0.4 is 0 Å². The van der Waals surface area contributed by atoms with Crippen molar-refractivity contribution in [2.45, 2.75) is 33.6 Å². The van der Waals surface area contributed by atoms with Crippen LogP contribution in [-0.4, -0.2) is 49.3 Å². The number of methoxy groups -OCH3 is 1. The van der Waals surface area contributed by atoms with Crippen LogP contribution in [0.15, 0.2) is 0 Å². The zero-order valence-electron chi connectivity index (χ0n) is 11.0. The quantitative estimate of drug-likeness (QED) is 0.658. The summed E-state index contributed by atoms with van der Waals surface area (Å²) in [6.45, 7) is 9.24. The van der Waals surface area contributed by atoms with Gasteiger partial charge in [-0.2, -0.15) is 0 Å². The monoisotopic (exact) mass is 231 g/mol. The molecule has 1 N–H and O–H groups in total. The second kappa shape index (κ2) is 7.63. The van der Waals surface area contributed by atoms with E-state index in [0.29, 0.717) is 6.42 Å². The van der Waals surface area contributed by atoms with Gasteiger partial charge in [0.1, 0.15) is 0 Å². The fraction of sp³-hybridized carbons (Fsp3) is 0.917. The van der Waals surface area contributed by atoms with Gasteiger partial charge >= 0.3 is 5.97 Å². The number of likely N-dealkylation sites (N-methyl/N-ethyl adjacent to an activating group) is 1. The smallest absolute Gasteiger partial charge is 0.309 e. The van der Waals surface area contributed by atoms with Gasteiger partial charge in [-0.15, -0.1) is 0 Å². The summed E-state index contributed by atoms with van der Waals surface area (Å²) in [5.74, 6) is -0.715. The Kier molecular flexibility index (Phi) is 7.34. The minimum absolute atomic E-state index is 0.610. The second-order valence-corrected chi connectivity index (χ2v) is 4.72. The molecule has 4 heteroatoms. The largest absolute Gasteiger partial charge is 0.481 e. The Balaban J connectivity index is 3.81. The van der Waals surface area contributed by atoms with Crippen molar-refractivity contribution in [3.63, 3.8) is 0 Å². The highest BCUT2D eigenvalue weighted by atomic mass is 16.5. The van der Waals surface area contributed by atoms with E-state index < -0.39 is 11.4 Å². The van der Waals surface area contributed by atoms with Gasteiger partial charge in [0, 0.05) is 13.7 Å². The van der Waals surface area contributed by atoms with Crippen molar-refractivity contribution >= 4 is 5.97 Å². The third-order valence-corrected chi connectivity index (χ3v) is 2.91. The molecule has 0 aliphatic carbocycles. The lowest BCUT2D eigenvalue weighted by Crippen LogP contribution is -2.30. The third kappa shape index (κ3) is 6.08. The molecule has 0 aliphatic rings. The normalized spacial score (nSPS) is 12.1. The average Bonchev–Trinajstić information content (AvgIpc) is 2.22. The molecule has 4 nitrogen and oxygen atoms in total. The van der Waals surface area contributed by atoms with Gasteiger partial charge in [0.25, 0.3) is 0 Å². The molecule has 0 spiro atoms. The number of ether oxygens (including phenoxy) is 1. The maximum absolute atomic E-state index is 10.9. The Morgan fingerprint density at radius 2 is 2.00 bits per heavy atom. The highest BCUT2D eigenvalue weighted by molar-refractivity contribution is 5.73. The number of carbonyl (C=O) groups is 1. The summed E-state index contributed by atoms with van der Waals surface area (Å²) in [6, 6.07) is 0. The van der Waals surface area contributed by atoms with Crippen LogP contribution in [0.4, 0.5) is 0 Å². The zero-order valence-corrected chi connectivity index (χ0v) is 11.0. The molecular formula is C12H25NO3. The van der Waals surface area contributed by atoms with E-state index in [9.17, 15) is 4.79 Å². The topological polar surface area (TPSA) is 49.8 Å². The summed E-state index contributed by atoms with van der Waals surface area (Å²) >= 11 is 0. The van der Waals surface area contributed by atoms with Gasteiger partial charge < -0.3 is 14.7 Å². The molecule has 0 aromatic rings. The number of aliphatic carboxylic acids is 1.